The summed E-state index contributed by atoms with van der Waals surface area (Å²) in [5.41, 5.74) is 0. The van der Waals surface area contributed by atoms with Crippen LogP contribution in [0.4, 0.5) is 0 Å². The topological polar surface area (TPSA) is 178 Å². The summed E-state index contributed by atoms with van der Waals surface area (Å²) in [5.74, 6) is -0.407. The maximum atomic E-state index is 12.7. The minimum atomic E-state index is -5.06. The van der Waals surface area contributed by atoms with Gasteiger partial charge in [0.2, 0.25) is 0 Å². The number of unbranched alkanes of at least 4 members (excludes halogenated alkanes) is 22. The second kappa shape index (κ2) is 39.0. The van der Waals surface area contributed by atoms with E-state index in [1.165, 1.54) is 116 Å². The zero-order chi connectivity index (χ0) is 43.9. The first kappa shape index (κ1) is 56.3. The van der Waals surface area contributed by atoms with Crippen LogP contribution in [0, 0.1) is 0 Å². The molecule has 0 bridgehead atoms. The van der Waals surface area contributed by atoms with Gasteiger partial charge in [0.15, 0.2) is 6.29 Å². The predicted molar refractivity (Wildman–Crippen MR) is 239 cm³/mol. The van der Waals surface area contributed by atoms with Crippen LogP contribution in [0.15, 0.2) is 36.5 Å². The van der Waals surface area contributed by atoms with Crippen molar-refractivity contribution in [2.75, 3.05) is 26.4 Å². The van der Waals surface area contributed by atoms with E-state index in [0.717, 1.165) is 51.4 Å². The van der Waals surface area contributed by atoms with Gasteiger partial charge in [-0.25, -0.2) is 4.18 Å². The minimum absolute atomic E-state index is 0.0354. The zero-order valence-electron chi connectivity index (χ0n) is 37.5. The maximum Gasteiger partial charge on any atom is 0.397 e. The molecule has 1 fully saturated rings. The van der Waals surface area contributed by atoms with Gasteiger partial charge in [-0.05, 0) is 51.4 Å². The summed E-state index contributed by atoms with van der Waals surface area (Å²) in [7, 11) is -5.06. The number of rotatable bonds is 41. The van der Waals surface area contributed by atoms with Crippen LogP contribution < -0.4 is 0 Å². The first-order valence-corrected chi connectivity index (χ1v) is 25.1. The lowest BCUT2D eigenvalue weighted by atomic mass is 9.99. The molecule has 60 heavy (non-hydrogen) atoms. The lowest BCUT2D eigenvalue weighted by molar-refractivity contribution is -0.301. The standard InChI is InChI=1S/C47H86O12S/c1-3-5-7-9-11-12-13-14-15-16-17-18-19-20-21-22-23-24-25-26-27-28-29-31-33-35-37-55-39-41(57-43(49)36-34-32-30-10-8-6-4-2)40-56-47-45(51)46(59-60(52,53)54)44(50)42(38-48)58-47/h13-14,16-17,19-20,41-42,44-48,50-51H,3-12,15,18,21-40H2,1-2H3,(H,52,53,54)/b14-13-,17-16-,20-19-. The highest BCUT2D eigenvalue weighted by Gasteiger charge is 2.48. The number of aliphatic hydroxyl groups is 3. The Morgan fingerprint density at radius 1 is 0.633 bits per heavy atom. The monoisotopic (exact) mass is 875 g/mol. The van der Waals surface area contributed by atoms with Gasteiger partial charge in [-0.15, -0.1) is 0 Å². The average molecular weight is 875 g/mol. The van der Waals surface area contributed by atoms with Crippen molar-refractivity contribution in [1.29, 1.82) is 0 Å². The number of carbonyl (C=O) groups excluding carboxylic acids is 1. The van der Waals surface area contributed by atoms with Crippen LogP contribution >= 0.6 is 0 Å². The Labute approximate surface area is 364 Å². The van der Waals surface area contributed by atoms with E-state index in [1.807, 2.05) is 0 Å². The fraction of sp³-hybridized carbons (Fsp3) is 0.851. The number of aliphatic hydroxyl groups excluding tert-OH is 3. The average Bonchev–Trinajstić information content (AvgIpc) is 3.22. The van der Waals surface area contributed by atoms with Gasteiger partial charge in [-0.1, -0.05) is 172 Å². The summed E-state index contributed by atoms with van der Waals surface area (Å²) >= 11 is 0. The van der Waals surface area contributed by atoms with Gasteiger partial charge in [0, 0.05) is 13.0 Å². The third kappa shape index (κ3) is 32.1. The molecular weight excluding hydrogens is 789 g/mol. The summed E-state index contributed by atoms with van der Waals surface area (Å²) in [6.07, 6.45) is 36.5. The number of allylic oxidation sites excluding steroid dienone is 6. The smallest absolute Gasteiger partial charge is 0.397 e. The Morgan fingerprint density at radius 3 is 1.60 bits per heavy atom. The van der Waals surface area contributed by atoms with Crippen LogP contribution in [0.25, 0.3) is 0 Å². The molecule has 0 amide bonds. The molecule has 4 N–H and O–H groups in total. The van der Waals surface area contributed by atoms with Crippen LogP contribution in [0.1, 0.15) is 194 Å². The van der Waals surface area contributed by atoms with Gasteiger partial charge < -0.3 is 34.3 Å². The van der Waals surface area contributed by atoms with Crippen molar-refractivity contribution in [2.24, 2.45) is 0 Å². The van der Waals surface area contributed by atoms with Gasteiger partial charge in [0.05, 0.1) is 19.8 Å². The van der Waals surface area contributed by atoms with Crippen molar-refractivity contribution in [3.8, 4) is 0 Å². The first-order valence-electron chi connectivity index (χ1n) is 23.7. The second-order valence-corrected chi connectivity index (χ2v) is 17.4. The number of carbonyl (C=O) groups is 1. The number of hydrogen-bond acceptors (Lipinski definition) is 11. The predicted octanol–water partition coefficient (Wildman–Crippen LogP) is 10.2. The van der Waals surface area contributed by atoms with Gasteiger partial charge in [-0.3, -0.25) is 9.35 Å². The lowest BCUT2D eigenvalue weighted by Gasteiger charge is -2.41. The van der Waals surface area contributed by atoms with Crippen molar-refractivity contribution in [1.82, 2.24) is 0 Å². The summed E-state index contributed by atoms with van der Waals surface area (Å²) in [5, 5.41) is 30.6. The van der Waals surface area contributed by atoms with E-state index in [-0.39, 0.29) is 19.6 Å². The third-order valence-corrected chi connectivity index (χ3v) is 11.2. The van der Waals surface area contributed by atoms with Crippen LogP contribution in [-0.2, 0) is 38.3 Å². The molecule has 0 aromatic heterocycles. The quantitative estimate of drug-likeness (QED) is 0.0198. The molecule has 1 heterocycles. The molecule has 12 nitrogen and oxygen atoms in total. The highest BCUT2D eigenvalue weighted by atomic mass is 32.3. The van der Waals surface area contributed by atoms with E-state index in [9.17, 15) is 28.5 Å². The molecule has 6 unspecified atom stereocenters. The van der Waals surface area contributed by atoms with E-state index in [2.05, 4.69) is 54.5 Å². The van der Waals surface area contributed by atoms with E-state index >= 15 is 0 Å². The number of esters is 1. The molecule has 0 saturated carbocycles. The highest BCUT2D eigenvalue weighted by molar-refractivity contribution is 7.80. The third-order valence-electron chi connectivity index (χ3n) is 10.8. The molecule has 1 saturated heterocycles. The minimum Gasteiger partial charge on any atom is -0.457 e. The Kier molecular flexibility index (Phi) is 36.6. The molecular formula is C47H86O12S. The molecule has 0 aliphatic carbocycles. The molecule has 352 valence electrons. The second-order valence-electron chi connectivity index (χ2n) is 16.4. The Morgan fingerprint density at radius 2 is 1.10 bits per heavy atom. The molecule has 1 aliphatic heterocycles. The van der Waals surface area contributed by atoms with E-state index in [4.69, 9.17) is 23.5 Å². The van der Waals surface area contributed by atoms with Gasteiger partial charge >= 0.3 is 16.4 Å². The van der Waals surface area contributed by atoms with Gasteiger partial charge in [-0.2, -0.15) is 8.42 Å². The molecule has 6 atom stereocenters. The highest BCUT2D eigenvalue weighted by Crippen LogP contribution is 2.26. The number of hydrogen-bond donors (Lipinski definition) is 4. The molecule has 1 rings (SSSR count). The van der Waals surface area contributed by atoms with Crippen molar-refractivity contribution in [3.63, 3.8) is 0 Å². The Hall–Kier alpha value is -1.68. The van der Waals surface area contributed by atoms with Gasteiger partial charge in [0.1, 0.15) is 30.5 Å². The maximum absolute atomic E-state index is 12.7. The van der Waals surface area contributed by atoms with Crippen molar-refractivity contribution in [3.05, 3.63) is 36.5 Å². The Balaban J connectivity index is 2.25. The lowest BCUT2D eigenvalue weighted by Crippen LogP contribution is -2.60. The van der Waals surface area contributed by atoms with Crippen molar-refractivity contribution < 1.29 is 56.2 Å². The summed E-state index contributed by atoms with van der Waals surface area (Å²) in [6.45, 7) is 3.92. The normalized spacial score (nSPS) is 20.5. The SMILES string of the molecule is CCCCCCC/C=C\C/C=C\C/C=C\CCCCCCCCCCCCCOCC(COC1OC(CO)C(O)C(OS(=O)(=O)O)C1O)OC(=O)CCCCCCCCC. The molecule has 13 heteroatoms. The van der Waals surface area contributed by atoms with E-state index in [0.29, 0.717) is 13.0 Å². The molecule has 1 aliphatic rings. The summed E-state index contributed by atoms with van der Waals surface area (Å²) in [6, 6.07) is 0. The first-order chi connectivity index (χ1) is 29.1. The molecule has 0 spiro atoms. The van der Waals surface area contributed by atoms with E-state index in [1.54, 1.807) is 0 Å². The Bertz CT molecular complexity index is 1190. The van der Waals surface area contributed by atoms with Crippen molar-refractivity contribution >= 4 is 16.4 Å². The van der Waals surface area contributed by atoms with Gasteiger partial charge in [0.25, 0.3) is 0 Å². The van der Waals surface area contributed by atoms with Crippen LogP contribution in [-0.4, -0.2) is 97.5 Å². The number of ether oxygens (including phenoxy) is 4. The molecule has 0 aromatic carbocycles. The van der Waals surface area contributed by atoms with Crippen LogP contribution in [0.3, 0.4) is 0 Å². The largest absolute Gasteiger partial charge is 0.457 e. The molecule has 0 radical (unpaired) electrons. The summed E-state index contributed by atoms with van der Waals surface area (Å²) in [4.78, 5) is 12.7. The summed E-state index contributed by atoms with van der Waals surface area (Å²) < 4.78 is 58.9. The fourth-order valence-corrected chi connectivity index (χ4v) is 7.66. The fourth-order valence-electron chi connectivity index (χ4n) is 7.15. The van der Waals surface area contributed by atoms with Crippen LogP contribution in [0.5, 0.6) is 0 Å². The van der Waals surface area contributed by atoms with Crippen LogP contribution in [0.2, 0.25) is 0 Å². The molecule has 0 aromatic rings. The van der Waals surface area contributed by atoms with E-state index < -0.39 is 59.8 Å². The van der Waals surface area contributed by atoms with Crippen molar-refractivity contribution in [2.45, 2.75) is 230 Å². The zero-order valence-corrected chi connectivity index (χ0v) is 38.3.